The summed E-state index contributed by atoms with van der Waals surface area (Å²) in [5, 5.41) is 10.9. The van der Waals surface area contributed by atoms with Gasteiger partial charge in [0.15, 0.2) is 0 Å². The number of fused-ring (bicyclic) bond motifs is 1. The van der Waals surface area contributed by atoms with Gasteiger partial charge >= 0.3 is 11.7 Å². The quantitative estimate of drug-likeness (QED) is 0.483. The molecule has 9 nitrogen and oxygen atoms in total. The fourth-order valence-corrected chi connectivity index (χ4v) is 2.20. The number of nitro benzene ring substituents is 1. The van der Waals surface area contributed by atoms with E-state index in [0.717, 1.165) is 6.07 Å². The maximum atomic E-state index is 13.3. The van der Waals surface area contributed by atoms with Crippen molar-refractivity contribution in [1.29, 1.82) is 0 Å². The van der Waals surface area contributed by atoms with E-state index < -0.39 is 39.9 Å². The highest BCUT2D eigenvalue weighted by Gasteiger charge is 2.39. The van der Waals surface area contributed by atoms with Gasteiger partial charge in [-0.1, -0.05) is 12.1 Å². The van der Waals surface area contributed by atoms with Crippen LogP contribution in [-0.4, -0.2) is 20.4 Å². The maximum Gasteiger partial charge on any atom is 0.347 e. The highest BCUT2D eigenvalue weighted by atomic mass is 19.1. The topological polar surface area (TPSA) is 124 Å². The van der Waals surface area contributed by atoms with Gasteiger partial charge in [0.25, 0.3) is 11.2 Å². The molecule has 1 atom stereocenters. The van der Waals surface area contributed by atoms with Crippen LogP contribution in [0.4, 0.5) is 10.1 Å². The Morgan fingerprint density at radius 1 is 1.32 bits per heavy atom. The standard InChI is InChI=1S/C12H6FN3O6/c13-6-4-15(12(19)14-9(6)17)10-5-2-1-3-7(16(20)21)8(5)11(18)22-10/h1-4,10H,(H,14,17,19). The molecule has 10 heteroatoms. The van der Waals surface area contributed by atoms with Gasteiger partial charge in [-0.2, -0.15) is 4.39 Å². The van der Waals surface area contributed by atoms with E-state index in [-0.39, 0.29) is 11.1 Å². The number of carbonyl (C=O) groups excluding carboxylic acids is 1. The van der Waals surface area contributed by atoms with Gasteiger partial charge in [-0.05, 0) is 0 Å². The van der Waals surface area contributed by atoms with E-state index in [1.165, 1.54) is 12.1 Å². The van der Waals surface area contributed by atoms with E-state index in [2.05, 4.69) is 0 Å². The molecule has 0 amide bonds. The molecule has 1 aliphatic heterocycles. The molecule has 0 aliphatic carbocycles. The minimum Gasteiger partial charge on any atom is -0.433 e. The lowest BCUT2D eigenvalue weighted by Crippen LogP contribution is -2.34. The normalized spacial score (nSPS) is 16.2. The second-order valence-corrected chi connectivity index (χ2v) is 4.40. The zero-order chi connectivity index (χ0) is 16.0. The van der Waals surface area contributed by atoms with Gasteiger partial charge in [0.2, 0.25) is 12.0 Å². The van der Waals surface area contributed by atoms with E-state index in [9.17, 15) is 28.9 Å². The van der Waals surface area contributed by atoms with Crippen molar-refractivity contribution < 1.29 is 18.8 Å². The number of H-pyrrole nitrogens is 1. The molecule has 1 aliphatic rings. The molecule has 0 radical (unpaired) electrons. The number of aromatic amines is 1. The van der Waals surface area contributed by atoms with Crippen molar-refractivity contribution in [1.82, 2.24) is 9.55 Å². The summed E-state index contributed by atoms with van der Waals surface area (Å²) < 4.78 is 18.9. The number of rotatable bonds is 2. The van der Waals surface area contributed by atoms with Crippen LogP contribution in [0.3, 0.4) is 0 Å². The second-order valence-electron chi connectivity index (χ2n) is 4.40. The molecule has 0 saturated carbocycles. The van der Waals surface area contributed by atoms with Crippen LogP contribution in [0.25, 0.3) is 0 Å². The third kappa shape index (κ3) is 1.89. The van der Waals surface area contributed by atoms with E-state index in [0.29, 0.717) is 10.8 Å². The molecule has 1 unspecified atom stereocenters. The molecule has 0 spiro atoms. The zero-order valence-corrected chi connectivity index (χ0v) is 10.6. The maximum absolute atomic E-state index is 13.3. The van der Waals surface area contributed by atoms with Crippen molar-refractivity contribution in [2.75, 3.05) is 0 Å². The monoisotopic (exact) mass is 307 g/mol. The van der Waals surface area contributed by atoms with Crippen molar-refractivity contribution in [3.8, 4) is 0 Å². The summed E-state index contributed by atoms with van der Waals surface area (Å²) in [6, 6.07) is 3.76. The van der Waals surface area contributed by atoms with Gasteiger partial charge < -0.3 is 4.74 Å². The van der Waals surface area contributed by atoms with Crippen molar-refractivity contribution >= 4 is 11.7 Å². The van der Waals surface area contributed by atoms with E-state index in [1.807, 2.05) is 0 Å². The number of halogens is 1. The Bertz CT molecular complexity index is 931. The number of esters is 1. The lowest BCUT2D eigenvalue weighted by molar-refractivity contribution is -0.385. The summed E-state index contributed by atoms with van der Waals surface area (Å²) in [5.74, 6) is -2.26. The van der Waals surface area contributed by atoms with Crippen LogP contribution in [0.15, 0.2) is 34.0 Å². The average Bonchev–Trinajstić information content (AvgIpc) is 2.80. The van der Waals surface area contributed by atoms with Crippen LogP contribution in [0.2, 0.25) is 0 Å². The first-order valence-electron chi connectivity index (χ1n) is 5.89. The number of nitro groups is 1. The van der Waals surface area contributed by atoms with Gasteiger partial charge in [-0.15, -0.1) is 0 Å². The highest BCUT2D eigenvalue weighted by Crippen LogP contribution is 2.36. The molecule has 22 heavy (non-hydrogen) atoms. The van der Waals surface area contributed by atoms with Crippen LogP contribution in [0.5, 0.6) is 0 Å². The fraction of sp³-hybridized carbons (Fsp3) is 0.0833. The largest absolute Gasteiger partial charge is 0.433 e. The summed E-state index contributed by atoms with van der Waals surface area (Å²) in [6.45, 7) is 0. The molecular formula is C12H6FN3O6. The molecule has 0 bridgehead atoms. The first-order chi connectivity index (χ1) is 10.4. The van der Waals surface area contributed by atoms with Gasteiger partial charge in [-0.3, -0.25) is 24.5 Å². The smallest absolute Gasteiger partial charge is 0.347 e. The van der Waals surface area contributed by atoms with Gasteiger partial charge in [0.05, 0.1) is 11.1 Å². The molecule has 2 heterocycles. The number of carbonyl (C=O) groups is 1. The van der Waals surface area contributed by atoms with Gasteiger partial charge in [0, 0.05) is 11.6 Å². The Morgan fingerprint density at radius 3 is 2.73 bits per heavy atom. The summed E-state index contributed by atoms with van der Waals surface area (Å²) in [7, 11) is 0. The Balaban J connectivity index is 2.24. The van der Waals surface area contributed by atoms with Crippen LogP contribution >= 0.6 is 0 Å². The van der Waals surface area contributed by atoms with E-state index in [4.69, 9.17) is 4.74 Å². The molecular weight excluding hydrogens is 301 g/mol. The predicted octanol–water partition coefficient (Wildman–Crippen LogP) is 0.301. The SMILES string of the molecule is O=C1OC(n2cc(F)c(=O)[nH]c2=O)c2cccc([N+](=O)[O-])c21. The molecule has 0 saturated heterocycles. The molecule has 1 aromatic carbocycles. The van der Waals surface area contributed by atoms with Gasteiger partial charge in [0.1, 0.15) is 5.56 Å². The Hall–Kier alpha value is -3.30. The van der Waals surface area contributed by atoms with Crippen LogP contribution < -0.4 is 11.2 Å². The summed E-state index contributed by atoms with van der Waals surface area (Å²) in [4.78, 5) is 46.5. The number of benzene rings is 1. The number of nitrogens with zero attached hydrogens (tertiary/aromatic N) is 2. The minimum atomic E-state index is -1.39. The van der Waals surface area contributed by atoms with Crippen molar-refractivity contribution in [2.24, 2.45) is 0 Å². The lowest BCUT2D eigenvalue weighted by Gasteiger charge is -2.13. The lowest BCUT2D eigenvalue weighted by atomic mass is 10.1. The molecule has 1 aromatic heterocycles. The van der Waals surface area contributed by atoms with Gasteiger partial charge in [-0.25, -0.2) is 9.59 Å². The molecule has 1 N–H and O–H groups in total. The second kappa shape index (κ2) is 4.62. The number of hydrogen-bond donors (Lipinski definition) is 1. The summed E-state index contributed by atoms with van der Waals surface area (Å²) in [5.41, 5.74) is -2.99. The molecule has 112 valence electrons. The molecule has 2 aromatic rings. The third-order valence-corrected chi connectivity index (χ3v) is 3.14. The molecule has 0 fully saturated rings. The number of nitrogens with one attached hydrogen (secondary N) is 1. The van der Waals surface area contributed by atoms with Crippen molar-refractivity contribution in [3.05, 3.63) is 72.3 Å². The highest BCUT2D eigenvalue weighted by molar-refractivity contribution is 5.98. The third-order valence-electron chi connectivity index (χ3n) is 3.14. The first kappa shape index (κ1) is 13.7. The van der Waals surface area contributed by atoms with Crippen molar-refractivity contribution in [2.45, 2.75) is 6.23 Å². The zero-order valence-electron chi connectivity index (χ0n) is 10.6. The number of hydrogen-bond acceptors (Lipinski definition) is 6. The number of ether oxygens (including phenoxy) is 1. The Morgan fingerprint density at radius 2 is 2.05 bits per heavy atom. The Kier molecular flexibility index (Phi) is 2.87. The van der Waals surface area contributed by atoms with Crippen LogP contribution in [-0.2, 0) is 4.74 Å². The number of aromatic nitrogens is 2. The summed E-state index contributed by atoms with van der Waals surface area (Å²) in [6.07, 6.45) is -0.811. The number of cyclic esters (lactones) is 1. The average molecular weight is 307 g/mol. The minimum absolute atomic E-state index is 0.0350. The predicted molar refractivity (Wildman–Crippen MR) is 67.9 cm³/mol. The summed E-state index contributed by atoms with van der Waals surface area (Å²) >= 11 is 0. The fourth-order valence-electron chi connectivity index (χ4n) is 2.20. The van der Waals surface area contributed by atoms with Crippen molar-refractivity contribution in [3.63, 3.8) is 0 Å². The first-order valence-corrected chi connectivity index (χ1v) is 5.89. The van der Waals surface area contributed by atoms with E-state index >= 15 is 0 Å². The van der Waals surface area contributed by atoms with E-state index in [1.54, 1.807) is 4.98 Å². The van der Waals surface area contributed by atoms with Crippen LogP contribution in [0, 0.1) is 15.9 Å². The molecule has 3 rings (SSSR count). The van der Waals surface area contributed by atoms with Crippen LogP contribution in [0.1, 0.15) is 22.1 Å². The Labute approximate surface area is 119 Å².